The van der Waals surface area contributed by atoms with Crippen molar-refractivity contribution in [2.45, 2.75) is 39.2 Å². The van der Waals surface area contributed by atoms with Gasteiger partial charge in [-0.15, -0.1) is 0 Å². The molecule has 2 aliphatic rings. The first-order chi connectivity index (χ1) is 5.56. The van der Waals surface area contributed by atoms with Gasteiger partial charge in [0.15, 0.2) is 0 Å². The summed E-state index contributed by atoms with van der Waals surface area (Å²) in [5, 5.41) is 0. The molecule has 1 aliphatic heterocycles. The fourth-order valence-electron chi connectivity index (χ4n) is 2.47. The Morgan fingerprint density at radius 3 is 2.33 bits per heavy atom. The van der Waals surface area contributed by atoms with Gasteiger partial charge in [0.25, 0.3) is 0 Å². The third kappa shape index (κ3) is 1.09. The summed E-state index contributed by atoms with van der Waals surface area (Å²) in [6.45, 7) is 8.26. The van der Waals surface area contributed by atoms with Gasteiger partial charge >= 0.3 is 0 Å². The fourth-order valence-corrected chi connectivity index (χ4v) is 2.47. The van der Waals surface area contributed by atoms with E-state index < -0.39 is 0 Å². The molecule has 2 heteroatoms. The van der Waals surface area contributed by atoms with Crippen LogP contribution in [0.2, 0.25) is 0 Å². The van der Waals surface area contributed by atoms with Gasteiger partial charge in [-0.3, -0.25) is 0 Å². The van der Waals surface area contributed by atoms with E-state index in [1.54, 1.807) is 0 Å². The number of rotatable bonds is 1. The normalized spacial score (nSPS) is 47.0. The predicted molar refractivity (Wildman–Crippen MR) is 46.8 cm³/mol. The van der Waals surface area contributed by atoms with Crippen molar-refractivity contribution in [2.24, 2.45) is 11.3 Å². The van der Waals surface area contributed by atoms with Crippen molar-refractivity contribution in [3.8, 4) is 0 Å². The molecule has 0 aromatic rings. The van der Waals surface area contributed by atoms with Crippen LogP contribution in [0, 0.1) is 11.3 Å². The van der Waals surface area contributed by atoms with E-state index in [-0.39, 0.29) is 5.60 Å². The Morgan fingerprint density at radius 1 is 1.25 bits per heavy atom. The minimum Gasteiger partial charge on any atom is -0.352 e. The first-order valence-electron chi connectivity index (χ1n) is 4.78. The second-order valence-corrected chi connectivity index (χ2v) is 4.96. The van der Waals surface area contributed by atoms with Gasteiger partial charge in [0.1, 0.15) is 6.79 Å². The Labute approximate surface area is 74.2 Å². The Kier molecular flexibility index (Phi) is 1.74. The fraction of sp³-hybridized carbons (Fsp3) is 1.00. The minimum absolute atomic E-state index is 0.110. The van der Waals surface area contributed by atoms with Crippen LogP contribution in [0.1, 0.15) is 33.6 Å². The Bertz CT molecular complexity index is 170. The molecule has 0 aromatic carbocycles. The molecule has 1 spiro atoms. The van der Waals surface area contributed by atoms with Gasteiger partial charge < -0.3 is 9.47 Å². The summed E-state index contributed by atoms with van der Waals surface area (Å²) >= 11 is 0. The minimum atomic E-state index is 0.110. The zero-order valence-corrected chi connectivity index (χ0v) is 8.22. The van der Waals surface area contributed by atoms with E-state index in [4.69, 9.17) is 9.47 Å². The van der Waals surface area contributed by atoms with Gasteiger partial charge in [0, 0.05) is 0 Å². The zero-order valence-electron chi connectivity index (χ0n) is 8.22. The molecule has 1 aliphatic carbocycles. The van der Waals surface area contributed by atoms with Crippen molar-refractivity contribution < 1.29 is 9.47 Å². The summed E-state index contributed by atoms with van der Waals surface area (Å²) in [6, 6.07) is 0. The maximum atomic E-state index is 5.60. The van der Waals surface area contributed by atoms with Crippen molar-refractivity contribution in [1.82, 2.24) is 0 Å². The molecular weight excluding hydrogens is 152 g/mol. The smallest absolute Gasteiger partial charge is 0.147 e. The lowest BCUT2D eigenvalue weighted by Gasteiger charge is -2.53. The summed E-state index contributed by atoms with van der Waals surface area (Å²) in [5.74, 6) is 0.757. The molecule has 0 amide bonds. The van der Waals surface area contributed by atoms with Gasteiger partial charge in [-0.1, -0.05) is 20.8 Å². The lowest BCUT2D eigenvalue weighted by Crippen LogP contribution is -2.54. The molecule has 70 valence electrons. The van der Waals surface area contributed by atoms with Crippen LogP contribution in [0.5, 0.6) is 0 Å². The average molecular weight is 170 g/mol. The molecule has 1 saturated carbocycles. The number of hydrogen-bond acceptors (Lipinski definition) is 2. The third-order valence-electron chi connectivity index (χ3n) is 3.66. The van der Waals surface area contributed by atoms with E-state index in [9.17, 15) is 0 Å². The highest BCUT2D eigenvalue weighted by molar-refractivity contribution is 5.05. The molecule has 1 heterocycles. The van der Waals surface area contributed by atoms with Crippen molar-refractivity contribution >= 4 is 0 Å². The summed E-state index contributed by atoms with van der Waals surface area (Å²) in [5.41, 5.74) is 0.604. The van der Waals surface area contributed by atoms with Crippen LogP contribution in [0.25, 0.3) is 0 Å². The van der Waals surface area contributed by atoms with E-state index >= 15 is 0 Å². The first kappa shape index (κ1) is 8.52. The van der Waals surface area contributed by atoms with E-state index in [0.29, 0.717) is 12.2 Å². The predicted octanol–water partition coefficient (Wildman–Crippen LogP) is 2.19. The molecule has 2 nitrogen and oxygen atoms in total. The molecule has 0 unspecified atom stereocenters. The lowest BCUT2D eigenvalue weighted by atomic mass is 9.55. The first-order valence-corrected chi connectivity index (χ1v) is 4.78. The van der Waals surface area contributed by atoms with Crippen molar-refractivity contribution in [3.63, 3.8) is 0 Å². The summed E-state index contributed by atoms with van der Waals surface area (Å²) in [7, 11) is 0. The molecule has 0 atom stereocenters. The maximum absolute atomic E-state index is 5.60. The molecule has 0 aromatic heterocycles. The van der Waals surface area contributed by atoms with Crippen LogP contribution in [0.15, 0.2) is 0 Å². The molecular formula is C10H18O2. The average Bonchev–Trinajstić information content (AvgIpc) is 2.34. The van der Waals surface area contributed by atoms with E-state index in [1.165, 1.54) is 12.8 Å². The Morgan fingerprint density at radius 2 is 1.92 bits per heavy atom. The molecule has 2 rings (SSSR count). The highest BCUT2D eigenvalue weighted by Gasteiger charge is 2.56. The Hall–Kier alpha value is -0.0800. The van der Waals surface area contributed by atoms with Crippen molar-refractivity contribution in [1.29, 1.82) is 0 Å². The van der Waals surface area contributed by atoms with E-state index in [2.05, 4.69) is 20.8 Å². The van der Waals surface area contributed by atoms with Gasteiger partial charge in [0.05, 0.1) is 12.2 Å². The van der Waals surface area contributed by atoms with Crippen molar-refractivity contribution in [2.75, 3.05) is 13.4 Å². The van der Waals surface area contributed by atoms with Gasteiger partial charge in [-0.25, -0.2) is 0 Å². The van der Waals surface area contributed by atoms with E-state index in [0.717, 1.165) is 12.5 Å². The largest absolute Gasteiger partial charge is 0.352 e. The molecule has 0 N–H and O–H groups in total. The molecule has 1 saturated heterocycles. The molecule has 12 heavy (non-hydrogen) atoms. The van der Waals surface area contributed by atoms with E-state index in [1.807, 2.05) is 0 Å². The molecule has 0 radical (unpaired) electrons. The monoisotopic (exact) mass is 170 g/mol. The number of ether oxygens (including phenoxy) is 2. The topological polar surface area (TPSA) is 18.5 Å². The second kappa shape index (κ2) is 2.46. The molecule has 2 fully saturated rings. The maximum Gasteiger partial charge on any atom is 0.147 e. The van der Waals surface area contributed by atoms with Crippen LogP contribution < -0.4 is 0 Å². The molecule has 0 bridgehead atoms. The highest BCUT2D eigenvalue weighted by Crippen LogP contribution is 2.55. The summed E-state index contributed by atoms with van der Waals surface area (Å²) < 4.78 is 10.9. The van der Waals surface area contributed by atoms with Crippen LogP contribution >= 0.6 is 0 Å². The quantitative estimate of drug-likeness (QED) is 0.600. The van der Waals surface area contributed by atoms with Gasteiger partial charge in [-0.2, -0.15) is 0 Å². The highest BCUT2D eigenvalue weighted by atomic mass is 16.7. The lowest BCUT2D eigenvalue weighted by molar-refractivity contribution is -0.143. The third-order valence-corrected chi connectivity index (χ3v) is 3.66. The van der Waals surface area contributed by atoms with Crippen molar-refractivity contribution in [3.05, 3.63) is 0 Å². The standard InChI is InChI=1S/C10H18O2/c1-8(2)9(3)4-10(5-9)6-11-7-12-10/h8H,4-7H2,1-3H3. The van der Waals surface area contributed by atoms with Crippen LogP contribution in [0.4, 0.5) is 0 Å². The van der Waals surface area contributed by atoms with Crippen LogP contribution in [0.3, 0.4) is 0 Å². The van der Waals surface area contributed by atoms with Crippen LogP contribution in [-0.4, -0.2) is 19.0 Å². The SMILES string of the molecule is CC(C)C1(C)CC2(COCO2)C1. The summed E-state index contributed by atoms with van der Waals surface area (Å²) in [4.78, 5) is 0. The van der Waals surface area contributed by atoms with Crippen LogP contribution in [-0.2, 0) is 9.47 Å². The zero-order chi connectivity index (χ0) is 8.82. The number of hydrogen-bond donors (Lipinski definition) is 0. The Balaban J connectivity index is 1.97. The summed E-state index contributed by atoms with van der Waals surface area (Å²) in [6.07, 6.45) is 2.36. The van der Waals surface area contributed by atoms with Gasteiger partial charge in [-0.05, 0) is 24.2 Å². The van der Waals surface area contributed by atoms with Gasteiger partial charge in [0.2, 0.25) is 0 Å². The second-order valence-electron chi connectivity index (χ2n) is 4.96.